The fourth-order valence-electron chi connectivity index (χ4n) is 3.10. The summed E-state index contributed by atoms with van der Waals surface area (Å²) in [6.07, 6.45) is 3.79. The summed E-state index contributed by atoms with van der Waals surface area (Å²) in [4.78, 5) is 2.17. The highest BCUT2D eigenvalue weighted by molar-refractivity contribution is 5.14. The van der Waals surface area contributed by atoms with Crippen molar-refractivity contribution in [2.24, 2.45) is 5.92 Å². The Morgan fingerprint density at radius 2 is 1.89 bits per heavy atom. The lowest BCUT2D eigenvalue weighted by atomic mass is 9.88. The van der Waals surface area contributed by atoms with E-state index in [1.807, 2.05) is 18.2 Å². The van der Waals surface area contributed by atoms with Gasteiger partial charge < -0.3 is 10.2 Å². The number of hydrogen-bond acceptors (Lipinski definition) is 3. The molecule has 1 saturated carbocycles. The van der Waals surface area contributed by atoms with Gasteiger partial charge in [0.05, 0.1) is 11.7 Å². The molecular formula is C16H23NO2. The molecule has 0 radical (unpaired) electrons. The predicted octanol–water partition coefficient (Wildman–Crippen LogP) is 1.44. The monoisotopic (exact) mass is 261 g/mol. The molecular weight excluding hydrogens is 238 g/mol. The van der Waals surface area contributed by atoms with Crippen molar-refractivity contribution in [3.05, 3.63) is 35.9 Å². The van der Waals surface area contributed by atoms with Gasteiger partial charge in [0, 0.05) is 19.6 Å². The van der Waals surface area contributed by atoms with Gasteiger partial charge in [0.1, 0.15) is 0 Å². The molecule has 0 bridgehead atoms. The summed E-state index contributed by atoms with van der Waals surface area (Å²) >= 11 is 0. The highest BCUT2D eigenvalue weighted by Gasteiger charge is 2.51. The number of likely N-dealkylation sites (tertiary alicyclic amines) is 1. The predicted molar refractivity (Wildman–Crippen MR) is 74.9 cm³/mol. The van der Waals surface area contributed by atoms with Gasteiger partial charge in [0.15, 0.2) is 0 Å². The molecule has 1 atom stereocenters. The van der Waals surface area contributed by atoms with Crippen LogP contribution in [0.5, 0.6) is 0 Å². The molecule has 3 nitrogen and oxygen atoms in total. The highest BCUT2D eigenvalue weighted by Crippen LogP contribution is 2.44. The van der Waals surface area contributed by atoms with Crippen LogP contribution in [0.2, 0.25) is 0 Å². The molecule has 0 spiro atoms. The second-order valence-corrected chi connectivity index (χ2v) is 6.23. The quantitative estimate of drug-likeness (QED) is 0.814. The first-order chi connectivity index (χ1) is 9.16. The molecule has 1 aromatic carbocycles. The van der Waals surface area contributed by atoms with E-state index in [0.29, 0.717) is 12.5 Å². The summed E-state index contributed by atoms with van der Waals surface area (Å²) < 4.78 is 0. The standard InChI is InChI=1S/C16H23NO2/c18-15(9-6-13-4-2-1-3-5-13)10-17-11-16(19,12-17)14-7-8-14/h1-5,14-15,18-19H,6-12H2. The van der Waals surface area contributed by atoms with Gasteiger partial charge in [-0.25, -0.2) is 0 Å². The average molecular weight is 261 g/mol. The lowest BCUT2D eigenvalue weighted by molar-refractivity contribution is -0.122. The first-order valence-corrected chi connectivity index (χ1v) is 7.32. The summed E-state index contributed by atoms with van der Waals surface area (Å²) in [5, 5.41) is 20.3. The maximum absolute atomic E-state index is 10.2. The van der Waals surface area contributed by atoms with Crippen LogP contribution in [0.15, 0.2) is 30.3 Å². The lowest BCUT2D eigenvalue weighted by Crippen LogP contribution is -2.64. The topological polar surface area (TPSA) is 43.7 Å². The summed E-state index contributed by atoms with van der Waals surface area (Å²) in [5.41, 5.74) is 0.846. The maximum atomic E-state index is 10.2. The van der Waals surface area contributed by atoms with Crippen molar-refractivity contribution in [1.82, 2.24) is 4.90 Å². The highest BCUT2D eigenvalue weighted by atomic mass is 16.3. The molecule has 104 valence electrons. The van der Waals surface area contributed by atoms with Crippen molar-refractivity contribution >= 4 is 0 Å². The van der Waals surface area contributed by atoms with Crippen LogP contribution in [0.4, 0.5) is 0 Å². The van der Waals surface area contributed by atoms with E-state index < -0.39 is 5.60 Å². The molecule has 1 unspecified atom stereocenters. The van der Waals surface area contributed by atoms with Crippen molar-refractivity contribution in [2.45, 2.75) is 37.4 Å². The molecule has 2 N–H and O–H groups in total. The normalized spacial score (nSPS) is 23.9. The minimum atomic E-state index is -0.431. The van der Waals surface area contributed by atoms with Crippen molar-refractivity contribution in [2.75, 3.05) is 19.6 Å². The van der Waals surface area contributed by atoms with E-state index >= 15 is 0 Å². The maximum Gasteiger partial charge on any atom is 0.0928 e. The number of benzene rings is 1. The van der Waals surface area contributed by atoms with Gasteiger partial charge >= 0.3 is 0 Å². The number of aliphatic hydroxyl groups is 2. The van der Waals surface area contributed by atoms with E-state index in [2.05, 4.69) is 17.0 Å². The molecule has 19 heavy (non-hydrogen) atoms. The molecule has 3 heteroatoms. The fraction of sp³-hybridized carbons (Fsp3) is 0.625. The Balaban J connectivity index is 1.37. The molecule has 0 amide bonds. The van der Waals surface area contributed by atoms with Gasteiger partial charge in [-0.15, -0.1) is 0 Å². The number of aryl methyl sites for hydroxylation is 1. The van der Waals surface area contributed by atoms with Crippen molar-refractivity contribution in [3.63, 3.8) is 0 Å². The Hall–Kier alpha value is -0.900. The molecule has 0 aromatic heterocycles. The van der Waals surface area contributed by atoms with Gasteiger partial charge in [-0.1, -0.05) is 30.3 Å². The molecule has 2 aliphatic rings. The van der Waals surface area contributed by atoms with Gasteiger partial charge in [-0.05, 0) is 37.2 Å². The Morgan fingerprint density at radius 3 is 2.53 bits per heavy atom. The van der Waals surface area contributed by atoms with E-state index in [1.165, 1.54) is 18.4 Å². The summed E-state index contributed by atoms with van der Waals surface area (Å²) in [5.74, 6) is 0.533. The third kappa shape index (κ3) is 3.16. The number of β-amino-alcohol motifs (C(OH)–C–C–N with tert-alkyl or cyclic N) is 2. The Labute approximate surface area is 114 Å². The summed E-state index contributed by atoms with van der Waals surface area (Å²) in [6, 6.07) is 10.3. The largest absolute Gasteiger partial charge is 0.392 e. The number of nitrogens with zero attached hydrogens (tertiary/aromatic N) is 1. The summed E-state index contributed by atoms with van der Waals surface area (Å²) in [6.45, 7) is 2.20. The van der Waals surface area contributed by atoms with Crippen LogP contribution in [0, 0.1) is 5.92 Å². The lowest BCUT2D eigenvalue weighted by Gasteiger charge is -2.47. The van der Waals surface area contributed by atoms with Crippen LogP contribution in [-0.4, -0.2) is 46.5 Å². The molecule has 1 aliphatic carbocycles. The number of hydrogen-bond donors (Lipinski definition) is 2. The molecule has 1 heterocycles. The van der Waals surface area contributed by atoms with Crippen LogP contribution in [-0.2, 0) is 6.42 Å². The minimum Gasteiger partial charge on any atom is -0.392 e. The van der Waals surface area contributed by atoms with Crippen LogP contribution in [0.3, 0.4) is 0 Å². The van der Waals surface area contributed by atoms with Gasteiger partial charge in [0.25, 0.3) is 0 Å². The number of aliphatic hydroxyl groups excluding tert-OH is 1. The smallest absolute Gasteiger partial charge is 0.0928 e. The van der Waals surface area contributed by atoms with Crippen molar-refractivity contribution < 1.29 is 10.2 Å². The van der Waals surface area contributed by atoms with Crippen LogP contribution < -0.4 is 0 Å². The zero-order chi connectivity index (χ0) is 13.3. The van der Waals surface area contributed by atoms with E-state index in [0.717, 1.165) is 25.9 Å². The van der Waals surface area contributed by atoms with Crippen molar-refractivity contribution in [3.8, 4) is 0 Å². The number of rotatable bonds is 6. The minimum absolute atomic E-state index is 0.288. The van der Waals surface area contributed by atoms with Gasteiger partial charge in [-0.2, -0.15) is 0 Å². The average Bonchev–Trinajstić information content (AvgIpc) is 3.20. The van der Waals surface area contributed by atoms with Crippen LogP contribution in [0.1, 0.15) is 24.8 Å². The zero-order valence-electron chi connectivity index (χ0n) is 11.3. The Bertz CT molecular complexity index is 410. The third-order valence-electron chi connectivity index (χ3n) is 4.41. The summed E-state index contributed by atoms with van der Waals surface area (Å²) in [7, 11) is 0. The SMILES string of the molecule is OC(CCc1ccccc1)CN1CC(O)(C2CC2)C1. The van der Waals surface area contributed by atoms with Crippen LogP contribution in [0.25, 0.3) is 0 Å². The molecule has 1 saturated heterocycles. The molecule has 1 aliphatic heterocycles. The van der Waals surface area contributed by atoms with Crippen molar-refractivity contribution in [1.29, 1.82) is 0 Å². The Kier molecular flexibility index (Phi) is 3.61. The molecule has 3 rings (SSSR count). The van der Waals surface area contributed by atoms with E-state index in [1.54, 1.807) is 0 Å². The second kappa shape index (κ2) is 5.23. The van der Waals surface area contributed by atoms with E-state index in [-0.39, 0.29) is 6.10 Å². The molecule has 1 aromatic rings. The second-order valence-electron chi connectivity index (χ2n) is 6.23. The van der Waals surface area contributed by atoms with Crippen LogP contribution >= 0.6 is 0 Å². The first-order valence-electron chi connectivity index (χ1n) is 7.32. The Morgan fingerprint density at radius 1 is 1.21 bits per heavy atom. The fourth-order valence-corrected chi connectivity index (χ4v) is 3.10. The van der Waals surface area contributed by atoms with Gasteiger partial charge in [-0.3, -0.25) is 4.90 Å². The first kappa shape index (κ1) is 13.1. The molecule has 2 fully saturated rings. The van der Waals surface area contributed by atoms with E-state index in [9.17, 15) is 10.2 Å². The third-order valence-corrected chi connectivity index (χ3v) is 4.41. The van der Waals surface area contributed by atoms with E-state index in [4.69, 9.17) is 0 Å². The zero-order valence-corrected chi connectivity index (χ0v) is 11.3. The van der Waals surface area contributed by atoms with Gasteiger partial charge in [0.2, 0.25) is 0 Å².